The molecule has 16 heteroatoms. The number of ether oxygens (including phenoxy) is 3. The van der Waals surface area contributed by atoms with Crippen LogP contribution in [0.25, 0.3) is 11.2 Å². The molecule has 3 aromatic rings. The van der Waals surface area contributed by atoms with Gasteiger partial charge in [-0.25, -0.2) is 4.98 Å². The fourth-order valence-corrected chi connectivity index (χ4v) is 5.46. The summed E-state index contributed by atoms with van der Waals surface area (Å²) in [5.74, 6) is 1.19. The number of anilines is 2. The molecule has 42 heavy (non-hydrogen) atoms. The van der Waals surface area contributed by atoms with Gasteiger partial charge in [-0.1, -0.05) is 13.8 Å². The molecule has 0 amide bonds. The maximum absolute atomic E-state index is 11.6. The second kappa shape index (κ2) is 12.9. The first-order valence-corrected chi connectivity index (χ1v) is 14.5. The number of hydrogen-bond acceptors (Lipinski definition) is 14. The molecule has 2 fully saturated rings. The molecule has 228 valence electrons. The van der Waals surface area contributed by atoms with Gasteiger partial charge in [0.2, 0.25) is 11.8 Å². The third-order valence-electron chi connectivity index (χ3n) is 7.90. The number of carbonyl (C=O) groups is 2. The molecule has 0 bridgehead atoms. The van der Waals surface area contributed by atoms with Crippen LogP contribution < -0.4 is 16.4 Å². The van der Waals surface area contributed by atoms with E-state index in [-0.39, 0.29) is 42.9 Å². The summed E-state index contributed by atoms with van der Waals surface area (Å²) in [4.78, 5) is 38.8. The monoisotopic (exact) mass is 585 g/mol. The van der Waals surface area contributed by atoms with Crippen LogP contribution in [0.1, 0.15) is 90.4 Å². The van der Waals surface area contributed by atoms with Crippen molar-refractivity contribution in [2.24, 2.45) is 5.73 Å². The predicted octanol–water partition coefficient (Wildman–Crippen LogP) is 2.03. The average Bonchev–Trinajstić information content (AvgIpc) is 3.71. The zero-order valence-corrected chi connectivity index (χ0v) is 24.3. The maximum atomic E-state index is 11.6. The van der Waals surface area contributed by atoms with Gasteiger partial charge in [-0.05, 0) is 57.6 Å². The summed E-state index contributed by atoms with van der Waals surface area (Å²) < 4.78 is 18.8. The van der Waals surface area contributed by atoms with E-state index in [9.17, 15) is 9.59 Å². The minimum atomic E-state index is -1.05. The third-order valence-corrected chi connectivity index (χ3v) is 7.90. The van der Waals surface area contributed by atoms with E-state index < -0.39 is 24.5 Å². The number of carbonyl (C=O) groups excluding carboxylic acids is 2. The SMILES string of the molecule is CCC(CC)Nc1nc(NC2CCC(N)CC2)nc2c1ncn2[C@@H]1O[C@H](c2nnn(C(C)C)n2)[C@@H](OC=O)[C@H]1OC=O. The summed E-state index contributed by atoms with van der Waals surface area (Å²) in [5, 5.41) is 19.6. The highest BCUT2D eigenvalue weighted by Crippen LogP contribution is 2.42. The number of rotatable bonds is 13. The van der Waals surface area contributed by atoms with Crippen molar-refractivity contribution < 1.29 is 23.8 Å². The van der Waals surface area contributed by atoms with Crippen molar-refractivity contribution in [1.29, 1.82) is 0 Å². The Bertz CT molecular complexity index is 1350. The summed E-state index contributed by atoms with van der Waals surface area (Å²) in [6, 6.07) is 0.502. The fourth-order valence-electron chi connectivity index (χ4n) is 5.46. The Morgan fingerprint density at radius 1 is 1.10 bits per heavy atom. The van der Waals surface area contributed by atoms with Crippen LogP contribution in [0.5, 0.6) is 0 Å². The maximum Gasteiger partial charge on any atom is 0.293 e. The molecule has 1 aliphatic carbocycles. The van der Waals surface area contributed by atoms with Crippen molar-refractivity contribution >= 4 is 35.9 Å². The van der Waals surface area contributed by atoms with Gasteiger partial charge >= 0.3 is 0 Å². The molecule has 1 aliphatic heterocycles. The molecule has 2 aliphatic rings. The molecule has 3 aromatic heterocycles. The first-order chi connectivity index (χ1) is 20.4. The lowest BCUT2D eigenvalue weighted by molar-refractivity contribution is -0.151. The lowest BCUT2D eigenvalue weighted by Crippen LogP contribution is -2.34. The number of aromatic nitrogens is 8. The summed E-state index contributed by atoms with van der Waals surface area (Å²) in [7, 11) is 0. The van der Waals surface area contributed by atoms with E-state index in [1.54, 1.807) is 10.9 Å². The van der Waals surface area contributed by atoms with Crippen LogP contribution in [-0.4, -0.2) is 83.0 Å². The molecule has 16 nitrogen and oxygen atoms in total. The van der Waals surface area contributed by atoms with Crippen LogP contribution in [0.2, 0.25) is 0 Å². The zero-order valence-electron chi connectivity index (χ0n) is 24.3. The Kier molecular flexibility index (Phi) is 9.11. The van der Waals surface area contributed by atoms with Crippen molar-refractivity contribution in [2.75, 3.05) is 10.6 Å². The van der Waals surface area contributed by atoms with Crippen LogP contribution in [0.3, 0.4) is 0 Å². The lowest BCUT2D eigenvalue weighted by Gasteiger charge is -2.27. The minimum absolute atomic E-state index is 0.0583. The van der Waals surface area contributed by atoms with Crippen molar-refractivity contribution in [3.63, 3.8) is 0 Å². The van der Waals surface area contributed by atoms with E-state index >= 15 is 0 Å². The standard InChI is InChI=1S/C26H39N11O5/c1-5-16(6-2)29-22-18-24(32-26(31-22)30-17-9-7-15(27)8-10-17)36(11-28-18)25-21(41-13-39)19(40-12-38)20(42-25)23-33-35-37(34-23)14(3)4/h11-17,19-21,25H,5-10,27H2,1-4H3,(H2,29,30,31,32)/t15?,17?,19-,20+,21-,25-/m1/s1. The molecule has 4 atom stereocenters. The van der Waals surface area contributed by atoms with Gasteiger partial charge in [-0.3, -0.25) is 14.2 Å². The number of tetrazole rings is 1. The van der Waals surface area contributed by atoms with E-state index in [4.69, 9.17) is 29.9 Å². The van der Waals surface area contributed by atoms with E-state index in [1.807, 2.05) is 13.8 Å². The highest BCUT2D eigenvalue weighted by Gasteiger charge is 2.52. The van der Waals surface area contributed by atoms with Gasteiger partial charge in [-0.15, -0.1) is 10.2 Å². The first kappa shape index (κ1) is 29.6. The summed E-state index contributed by atoms with van der Waals surface area (Å²) in [5.41, 5.74) is 7.08. The van der Waals surface area contributed by atoms with E-state index in [2.05, 4.69) is 44.9 Å². The largest absolute Gasteiger partial charge is 0.457 e. The van der Waals surface area contributed by atoms with Crippen molar-refractivity contribution in [3.05, 3.63) is 12.2 Å². The highest BCUT2D eigenvalue weighted by molar-refractivity contribution is 5.84. The topological polar surface area (TPSA) is 199 Å². The van der Waals surface area contributed by atoms with Crippen LogP contribution in [0.4, 0.5) is 11.8 Å². The van der Waals surface area contributed by atoms with Crippen molar-refractivity contribution in [1.82, 2.24) is 39.7 Å². The molecule has 0 aromatic carbocycles. The van der Waals surface area contributed by atoms with Gasteiger partial charge in [0.05, 0.1) is 12.4 Å². The Balaban J connectivity index is 1.55. The average molecular weight is 586 g/mol. The van der Waals surface area contributed by atoms with Crippen molar-refractivity contribution in [3.8, 4) is 0 Å². The number of nitrogens with one attached hydrogen (secondary N) is 2. The molecule has 4 heterocycles. The highest BCUT2D eigenvalue weighted by atomic mass is 16.6. The van der Waals surface area contributed by atoms with E-state index in [0.717, 1.165) is 38.5 Å². The molecule has 0 spiro atoms. The number of nitrogens with zero attached hydrogens (tertiary/aromatic N) is 8. The fraction of sp³-hybridized carbons (Fsp3) is 0.692. The van der Waals surface area contributed by atoms with Gasteiger partial charge in [0, 0.05) is 18.1 Å². The lowest BCUT2D eigenvalue weighted by atomic mass is 9.92. The quantitative estimate of drug-likeness (QED) is 0.246. The number of fused-ring (bicyclic) bond motifs is 1. The van der Waals surface area contributed by atoms with Gasteiger partial charge in [0.25, 0.3) is 12.9 Å². The molecule has 5 rings (SSSR count). The number of nitrogens with two attached hydrogens (primary N) is 1. The Morgan fingerprint density at radius 3 is 2.45 bits per heavy atom. The summed E-state index contributed by atoms with van der Waals surface area (Å²) in [6.07, 6.45) is 2.96. The van der Waals surface area contributed by atoms with Gasteiger partial charge in [-0.2, -0.15) is 14.8 Å². The summed E-state index contributed by atoms with van der Waals surface area (Å²) >= 11 is 0. The molecule has 1 saturated heterocycles. The first-order valence-electron chi connectivity index (χ1n) is 14.5. The second-order valence-corrected chi connectivity index (χ2v) is 11.0. The van der Waals surface area contributed by atoms with Gasteiger partial charge in [0.15, 0.2) is 41.5 Å². The Hall–Kier alpha value is -3.92. The van der Waals surface area contributed by atoms with Crippen LogP contribution in [-0.2, 0) is 23.8 Å². The van der Waals surface area contributed by atoms with Gasteiger partial charge in [0.1, 0.15) is 0 Å². The smallest absolute Gasteiger partial charge is 0.293 e. The third kappa shape index (κ3) is 5.99. The molecular weight excluding hydrogens is 546 g/mol. The predicted molar refractivity (Wildman–Crippen MR) is 150 cm³/mol. The normalized spacial score (nSPS) is 26.1. The number of hydrogen-bond donors (Lipinski definition) is 3. The molecule has 0 unspecified atom stereocenters. The minimum Gasteiger partial charge on any atom is -0.457 e. The molecule has 0 radical (unpaired) electrons. The van der Waals surface area contributed by atoms with Crippen LogP contribution in [0.15, 0.2) is 6.33 Å². The molecular formula is C26H39N11O5. The van der Waals surface area contributed by atoms with Gasteiger partial charge < -0.3 is 30.6 Å². The van der Waals surface area contributed by atoms with Crippen LogP contribution in [0, 0.1) is 0 Å². The van der Waals surface area contributed by atoms with E-state index in [0.29, 0.717) is 22.9 Å². The second-order valence-electron chi connectivity index (χ2n) is 11.0. The zero-order chi connectivity index (χ0) is 29.8. The molecule has 1 saturated carbocycles. The van der Waals surface area contributed by atoms with E-state index in [1.165, 1.54) is 4.80 Å². The Morgan fingerprint density at radius 2 is 1.81 bits per heavy atom. The summed E-state index contributed by atoms with van der Waals surface area (Å²) in [6.45, 7) is 8.58. The molecule has 4 N–H and O–H groups in total. The number of imidazole rings is 1. The van der Waals surface area contributed by atoms with Crippen LogP contribution >= 0.6 is 0 Å². The van der Waals surface area contributed by atoms with Crippen molar-refractivity contribution in [2.45, 2.75) is 115 Å². The Labute approximate surface area is 243 Å².